The van der Waals surface area contributed by atoms with Crippen molar-refractivity contribution in [2.24, 2.45) is 0 Å². The van der Waals surface area contributed by atoms with E-state index in [-0.39, 0.29) is 24.5 Å². The summed E-state index contributed by atoms with van der Waals surface area (Å²) >= 11 is 0. The minimum Gasteiger partial charge on any atom is -0.437 e. The van der Waals surface area contributed by atoms with Crippen molar-refractivity contribution in [1.29, 1.82) is 0 Å². The van der Waals surface area contributed by atoms with Gasteiger partial charge in [0, 0.05) is 10.8 Å². The maximum absolute atomic E-state index is 6.82. The van der Waals surface area contributed by atoms with Gasteiger partial charge in [0.05, 0.1) is 53.5 Å². The predicted octanol–water partition coefficient (Wildman–Crippen LogP) is 11.6. The highest BCUT2D eigenvalue weighted by Gasteiger charge is 2.32. The van der Waals surface area contributed by atoms with Gasteiger partial charge in [0.25, 0.3) is 0 Å². The molecule has 298 valence electrons. The van der Waals surface area contributed by atoms with Gasteiger partial charge in [-0.25, -0.2) is 4.98 Å². The van der Waals surface area contributed by atoms with E-state index in [1.807, 2.05) is 6.20 Å². The van der Waals surface area contributed by atoms with Gasteiger partial charge in [-0.2, -0.15) is 0 Å². The summed E-state index contributed by atoms with van der Waals surface area (Å²) in [4.78, 5) is 5.12. The van der Waals surface area contributed by atoms with Crippen molar-refractivity contribution in [3.63, 3.8) is 0 Å². The Morgan fingerprint density at radius 2 is 1.19 bits per heavy atom. The van der Waals surface area contributed by atoms with E-state index >= 15 is 0 Å². The Kier molecular flexibility index (Phi) is 7.99. The Morgan fingerprint density at radius 1 is 0.565 bits per heavy atom. The first-order valence-corrected chi connectivity index (χ1v) is 21.4. The summed E-state index contributed by atoms with van der Waals surface area (Å²) in [6.45, 7) is 0.675. The van der Waals surface area contributed by atoms with Gasteiger partial charge in [-0.1, -0.05) is 146 Å². The molecule has 6 heterocycles. The molecule has 7 aromatic carbocycles. The van der Waals surface area contributed by atoms with E-state index < -0.39 is 0 Å². The Hall–Kier alpha value is -7.49. The molecule has 3 aromatic heterocycles. The van der Waals surface area contributed by atoms with Gasteiger partial charge in [-0.3, -0.25) is 20.4 Å². The van der Waals surface area contributed by atoms with E-state index in [0.717, 1.165) is 67.0 Å². The van der Waals surface area contributed by atoms with Crippen LogP contribution in [0.15, 0.2) is 174 Å². The molecule has 0 amide bonds. The highest BCUT2D eigenvalue weighted by Crippen LogP contribution is 2.45. The predicted molar refractivity (Wildman–Crippen MR) is 251 cm³/mol. The number of pyridine rings is 1. The minimum absolute atomic E-state index is 0.0986. The normalized spacial score (nSPS) is 19.5. The van der Waals surface area contributed by atoms with Gasteiger partial charge in [0.2, 0.25) is 5.71 Å². The summed E-state index contributed by atoms with van der Waals surface area (Å²) in [5.41, 5.74) is 11.8. The number of hydrogen-bond acceptors (Lipinski definition) is 7. The highest BCUT2D eigenvalue weighted by atomic mass is 16.3. The second-order valence-electron chi connectivity index (χ2n) is 16.6. The SMILES string of the molecule is C1=Cc2c(nc3c4ccccc4c4c5c(oc4n23)C=CC(c2cc(-c3cc4ccccc4c4ccccc34)cc(C3NC(c4ccccc4)NC(c4ccccc4)N3)c2)N5)CN1. The third-order valence-corrected chi connectivity index (χ3v) is 12.9. The maximum Gasteiger partial charge on any atom is 0.216 e. The fourth-order valence-electron chi connectivity index (χ4n) is 10.0. The first-order chi connectivity index (χ1) is 30.7. The Morgan fingerprint density at radius 3 is 1.95 bits per heavy atom. The molecule has 0 radical (unpaired) electrons. The number of anilines is 1. The van der Waals surface area contributed by atoms with Crippen molar-refractivity contribution >= 4 is 66.9 Å². The number of furan rings is 1. The molecule has 0 aliphatic carbocycles. The molecule has 8 nitrogen and oxygen atoms in total. The van der Waals surface area contributed by atoms with Crippen LogP contribution in [0.3, 0.4) is 0 Å². The molecule has 3 aliphatic heterocycles. The van der Waals surface area contributed by atoms with Crippen LogP contribution in [0.4, 0.5) is 5.69 Å². The van der Waals surface area contributed by atoms with Gasteiger partial charge >= 0.3 is 0 Å². The van der Waals surface area contributed by atoms with Crippen LogP contribution < -0.4 is 26.6 Å². The maximum atomic E-state index is 6.82. The molecule has 13 rings (SSSR count). The molecule has 3 unspecified atom stereocenters. The Labute approximate surface area is 357 Å². The molecule has 3 atom stereocenters. The first-order valence-electron chi connectivity index (χ1n) is 21.4. The zero-order valence-electron chi connectivity index (χ0n) is 33.6. The van der Waals surface area contributed by atoms with E-state index in [0.29, 0.717) is 6.54 Å². The lowest BCUT2D eigenvalue weighted by molar-refractivity contribution is 0.203. The quantitative estimate of drug-likeness (QED) is 0.111. The summed E-state index contributed by atoms with van der Waals surface area (Å²) < 4.78 is 9.01. The number of fused-ring (bicyclic) bond motifs is 13. The largest absolute Gasteiger partial charge is 0.437 e. The number of aromatic nitrogens is 2. The summed E-state index contributed by atoms with van der Waals surface area (Å²) in [6.07, 6.45) is 8.08. The third kappa shape index (κ3) is 5.62. The number of imidazole rings is 1. The van der Waals surface area contributed by atoms with Gasteiger partial charge in [-0.05, 0) is 91.5 Å². The van der Waals surface area contributed by atoms with Crippen LogP contribution >= 0.6 is 0 Å². The zero-order chi connectivity index (χ0) is 40.7. The van der Waals surface area contributed by atoms with Crippen LogP contribution in [-0.4, -0.2) is 9.38 Å². The zero-order valence-corrected chi connectivity index (χ0v) is 33.6. The van der Waals surface area contributed by atoms with Crippen LogP contribution in [0, 0.1) is 0 Å². The van der Waals surface area contributed by atoms with Crippen LogP contribution in [0.25, 0.3) is 72.3 Å². The molecule has 0 bridgehead atoms. The lowest BCUT2D eigenvalue weighted by Crippen LogP contribution is -2.54. The van der Waals surface area contributed by atoms with E-state index in [1.54, 1.807) is 0 Å². The molecule has 0 spiro atoms. The van der Waals surface area contributed by atoms with Crippen molar-refractivity contribution in [2.45, 2.75) is 31.1 Å². The van der Waals surface area contributed by atoms with Crippen molar-refractivity contribution in [1.82, 2.24) is 30.7 Å². The van der Waals surface area contributed by atoms with Gasteiger partial charge in [0.1, 0.15) is 5.65 Å². The molecular formula is C54H41N7O. The van der Waals surface area contributed by atoms with E-state index in [1.165, 1.54) is 38.2 Å². The Bertz CT molecular complexity index is 3410. The molecule has 1 fully saturated rings. The molecule has 5 N–H and O–H groups in total. The molecule has 10 aromatic rings. The van der Waals surface area contributed by atoms with Crippen LogP contribution in [0.2, 0.25) is 0 Å². The summed E-state index contributed by atoms with van der Waals surface area (Å²) in [5, 5.41) is 27.3. The standard InChI is InChI=1S/C54H41N7O/c1-3-13-32(14-4-1)50-58-51(33-15-5-2-6-16-33)60-52(59-50)37-28-35(43-30-34-17-7-8-18-38(34)39-19-9-10-20-40(39)43)27-36(29-37)44-23-24-47-49(56-44)48-41-21-11-12-22-42(41)53-57-45-31-55-26-25-46(45)61(53)54(48)62-47/h1-30,44,50-52,55-56,58-60H,31H2. The number of nitrogens with one attached hydrogen (secondary N) is 5. The fourth-order valence-corrected chi connectivity index (χ4v) is 10.0. The molecule has 62 heavy (non-hydrogen) atoms. The van der Waals surface area contributed by atoms with E-state index in [2.05, 4.69) is 207 Å². The average Bonchev–Trinajstić information content (AvgIpc) is 3.93. The number of rotatable bonds is 5. The Balaban J connectivity index is 0.995. The minimum atomic E-state index is -0.192. The monoisotopic (exact) mass is 803 g/mol. The third-order valence-electron chi connectivity index (χ3n) is 12.9. The van der Waals surface area contributed by atoms with Crippen molar-refractivity contribution in [2.75, 3.05) is 5.32 Å². The van der Waals surface area contributed by atoms with Crippen molar-refractivity contribution in [3.05, 3.63) is 209 Å². The second kappa shape index (κ2) is 14.0. The molecule has 0 saturated carbocycles. The van der Waals surface area contributed by atoms with Gasteiger partial charge in [0.15, 0.2) is 5.76 Å². The lowest BCUT2D eigenvalue weighted by atomic mass is 9.89. The van der Waals surface area contributed by atoms with E-state index in [9.17, 15) is 0 Å². The van der Waals surface area contributed by atoms with Crippen molar-refractivity contribution < 1.29 is 4.42 Å². The lowest BCUT2D eigenvalue weighted by Gasteiger charge is -2.40. The molecule has 8 heteroatoms. The fraction of sp³-hybridized carbons (Fsp3) is 0.0926. The van der Waals surface area contributed by atoms with Gasteiger partial charge in [-0.15, -0.1) is 0 Å². The highest BCUT2D eigenvalue weighted by molar-refractivity contribution is 6.17. The number of hydrogen-bond donors (Lipinski definition) is 5. The molecule has 3 aliphatic rings. The average molecular weight is 804 g/mol. The number of benzene rings is 7. The molecular weight excluding hydrogens is 763 g/mol. The van der Waals surface area contributed by atoms with E-state index in [4.69, 9.17) is 9.40 Å². The summed E-state index contributed by atoms with van der Waals surface area (Å²) in [7, 11) is 0. The summed E-state index contributed by atoms with van der Waals surface area (Å²) in [5.74, 6) is 0.810. The van der Waals surface area contributed by atoms with Gasteiger partial charge < -0.3 is 15.1 Å². The van der Waals surface area contributed by atoms with Crippen LogP contribution in [-0.2, 0) is 6.54 Å². The smallest absolute Gasteiger partial charge is 0.216 e. The second-order valence-corrected chi connectivity index (χ2v) is 16.6. The topological polar surface area (TPSA) is 90.6 Å². The van der Waals surface area contributed by atoms with Crippen LogP contribution in [0.5, 0.6) is 0 Å². The summed E-state index contributed by atoms with van der Waals surface area (Å²) in [6, 6.07) is 56.7. The van der Waals surface area contributed by atoms with Crippen LogP contribution in [0.1, 0.15) is 63.9 Å². The molecule has 1 saturated heterocycles. The number of nitrogens with zero attached hydrogens (tertiary/aromatic N) is 2. The van der Waals surface area contributed by atoms with Crippen molar-refractivity contribution in [3.8, 4) is 11.1 Å². The first kappa shape index (κ1) is 35.3.